The minimum absolute atomic E-state index is 0.111. The highest BCUT2D eigenvalue weighted by Crippen LogP contribution is 2.19. The maximum absolute atomic E-state index is 5.75. The van der Waals surface area contributed by atoms with E-state index in [9.17, 15) is 0 Å². The molecular weight excluding hydrogens is 154 g/mol. The van der Waals surface area contributed by atoms with Gasteiger partial charge in [0.1, 0.15) is 0 Å². The van der Waals surface area contributed by atoms with Gasteiger partial charge in [0.2, 0.25) is 0 Å². The van der Waals surface area contributed by atoms with Crippen molar-refractivity contribution in [2.24, 2.45) is 11.1 Å². The second kappa shape index (κ2) is 3.88. The van der Waals surface area contributed by atoms with Crippen LogP contribution in [0.4, 0.5) is 0 Å². The van der Waals surface area contributed by atoms with Crippen LogP contribution in [0, 0.1) is 5.92 Å². The molecule has 0 radical (unpaired) electrons. The van der Waals surface area contributed by atoms with Crippen LogP contribution in [0.3, 0.4) is 0 Å². The molecule has 1 rings (SSSR count). The predicted molar refractivity (Wildman–Crippen MR) is 54.5 cm³/mol. The van der Waals surface area contributed by atoms with Crippen LogP contribution < -0.4 is 5.14 Å². The van der Waals surface area contributed by atoms with Gasteiger partial charge in [0.25, 0.3) is 0 Å². The molecule has 0 saturated heterocycles. The zero-order valence-corrected chi connectivity index (χ0v) is 7.90. The first kappa shape index (κ1) is 8.75. The van der Waals surface area contributed by atoms with Crippen LogP contribution in [-0.2, 0) is 0 Å². The number of hydrogen-bond acceptors (Lipinski definition) is 1. The highest BCUT2D eigenvalue weighted by molar-refractivity contribution is 8.15. The van der Waals surface area contributed by atoms with Crippen LogP contribution >= 0.6 is 10.7 Å². The van der Waals surface area contributed by atoms with Crippen molar-refractivity contribution in [3.63, 3.8) is 0 Å². The van der Waals surface area contributed by atoms with Gasteiger partial charge in [0.05, 0.1) is 0 Å². The predicted octanol–water partition coefficient (Wildman–Crippen LogP) is 2.43. The zero-order chi connectivity index (χ0) is 8.27. The molecule has 62 valence electrons. The molecule has 0 aromatic heterocycles. The lowest BCUT2D eigenvalue weighted by atomic mass is 10.0. The van der Waals surface area contributed by atoms with Crippen molar-refractivity contribution in [3.05, 3.63) is 23.1 Å². The minimum atomic E-state index is -0.111. The van der Waals surface area contributed by atoms with Gasteiger partial charge < -0.3 is 0 Å². The highest BCUT2D eigenvalue weighted by atomic mass is 32.2. The SMILES string of the molecule is CC(C)CC1=CS(N)=CC=C1. The van der Waals surface area contributed by atoms with Crippen molar-refractivity contribution in [1.29, 1.82) is 0 Å². The van der Waals surface area contributed by atoms with Gasteiger partial charge in [-0.2, -0.15) is 0 Å². The maximum Gasteiger partial charge on any atom is -0.0176 e. The Bertz CT molecular complexity index is 224. The number of allylic oxidation sites excluding steroid dienone is 3. The van der Waals surface area contributed by atoms with E-state index in [1.807, 2.05) is 5.37 Å². The quantitative estimate of drug-likeness (QED) is 0.631. The highest BCUT2D eigenvalue weighted by Gasteiger charge is 1.99. The zero-order valence-electron chi connectivity index (χ0n) is 7.08. The Labute approximate surface area is 71.0 Å². The van der Waals surface area contributed by atoms with Crippen molar-refractivity contribution in [3.8, 4) is 0 Å². The fraction of sp³-hybridized carbons (Fsp3) is 0.444. The summed E-state index contributed by atoms with van der Waals surface area (Å²) in [5.41, 5.74) is 1.38. The molecule has 0 bridgehead atoms. The summed E-state index contributed by atoms with van der Waals surface area (Å²) in [5.74, 6) is 0.723. The average molecular weight is 169 g/mol. The fourth-order valence-electron chi connectivity index (χ4n) is 1.09. The minimum Gasteiger partial charge on any atom is -0.280 e. The molecule has 0 saturated carbocycles. The van der Waals surface area contributed by atoms with E-state index in [4.69, 9.17) is 5.14 Å². The third-order valence-corrected chi connectivity index (χ3v) is 2.52. The Balaban J connectivity index is 2.61. The van der Waals surface area contributed by atoms with Gasteiger partial charge in [-0.15, -0.1) is 0 Å². The summed E-state index contributed by atoms with van der Waals surface area (Å²) in [4.78, 5) is 0. The lowest BCUT2D eigenvalue weighted by Crippen LogP contribution is -1.94. The summed E-state index contributed by atoms with van der Waals surface area (Å²) in [5, 5.41) is 9.93. The molecule has 0 spiro atoms. The van der Waals surface area contributed by atoms with Crippen molar-refractivity contribution < 1.29 is 0 Å². The molecule has 1 unspecified atom stereocenters. The maximum atomic E-state index is 5.75. The van der Waals surface area contributed by atoms with Gasteiger partial charge >= 0.3 is 0 Å². The fourth-order valence-corrected chi connectivity index (χ4v) is 1.96. The summed E-state index contributed by atoms with van der Waals surface area (Å²) in [7, 11) is -0.111. The largest absolute Gasteiger partial charge is 0.280 e. The van der Waals surface area contributed by atoms with E-state index in [-0.39, 0.29) is 10.7 Å². The summed E-state index contributed by atoms with van der Waals surface area (Å²) >= 11 is 0. The van der Waals surface area contributed by atoms with Gasteiger partial charge in [-0.25, -0.2) is 0 Å². The Hall–Kier alpha value is -0.340. The second-order valence-corrected chi connectivity index (χ2v) is 4.52. The molecule has 0 amide bonds. The first-order valence-corrected chi connectivity index (χ1v) is 5.28. The van der Waals surface area contributed by atoms with E-state index in [2.05, 4.69) is 31.4 Å². The van der Waals surface area contributed by atoms with Gasteiger partial charge in [-0.3, -0.25) is 5.14 Å². The van der Waals surface area contributed by atoms with E-state index in [1.54, 1.807) is 0 Å². The summed E-state index contributed by atoms with van der Waals surface area (Å²) in [6.07, 6.45) is 5.35. The molecular formula is C9H15NS. The van der Waals surface area contributed by atoms with Gasteiger partial charge in [0.15, 0.2) is 0 Å². The lowest BCUT2D eigenvalue weighted by Gasteiger charge is -2.08. The molecule has 1 atom stereocenters. The van der Waals surface area contributed by atoms with Crippen molar-refractivity contribution in [2.45, 2.75) is 20.3 Å². The molecule has 11 heavy (non-hydrogen) atoms. The normalized spacial score (nSPS) is 23.3. The van der Waals surface area contributed by atoms with Crippen LogP contribution in [0.25, 0.3) is 0 Å². The van der Waals surface area contributed by atoms with Crippen LogP contribution in [-0.4, -0.2) is 5.37 Å². The lowest BCUT2D eigenvalue weighted by molar-refractivity contribution is 0.651. The number of hydrogen-bond donors (Lipinski definition) is 1. The van der Waals surface area contributed by atoms with E-state index < -0.39 is 0 Å². The third-order valence-electron chi connectivity index (χ3n) is 1.48. The molecule has 0 aliphatic carbocycles. The Morgan fingerprint density at radius 1 is 1.55 bits per heavy atom. The van der Waals surface area contributed by atoms with Gasteiger partial charge in [-0.05, 0) is 28.7 Å². The number of rotatable bonds is 2. The van der Waals surface area contributed by atoms with Crippen LogP contribution in [0.15, 0.2) is 23.1 Å². The van der Waals surface area contributed by atoms with E-state index in [1.165, 1.54) is 5.57 Å². The van der Waals surface area contributed by atoms with Crippen molar-refractivity contribution in [1.82, 2.24) is 0 Å². The second-order valence-electron chi connectivity index (χ2n) is 3.19. The molecule has 1 heterocycles. The monoisotopic (exact) mass is 169 g/mol. The Morgan fingerprint density at radius 2 is 2.27 bits per heavy atom. The summed E-state index contributed by atoms with van der Waals surface area (Å²) in [6, 6.07) is 0. The van der Waals surface area contributed by atoms with Crippen molar-refractivity contribution in [2.75, 3.05) is 0 Å². The molecule has 1 aliphatic heterocycles. The molecule has 0 fully saturated rings. The van der Waals surface area contributed by atoms with Crippen LogP contribution in [0.1, 0.15) is 20.3 Å². The molecule has 1 nitrogen and oxygen atoms in total. The van der Waals surface area contributed by atoms with Crippen LogP contribution in [0.2, 0.25) is 0 Å². The molecule has 0 aromatic rings. The molecule has 2 N–H and O–H groups in total. The summed E-state index contributed by atoms with van der Waals surface area (Å²) in [6.45, 7) is 4.45. The van der Waals surface area contributed by atoms with Crippen LogP contribution in [0.5, 0.6) is 0 Å². The molecule has 2 heteroatoms. The standard InChI is InChI=1S/C9H15NS/c1-8(2)6-9-4-3-5-11(10)7-9/h3-5,7-8H,6,10H2,1-2H3. The Kier molecular flexibility index (Phi) is 3.09. The first-order valence-electron chi connectivity index (χ1n) is 3.87. The Morgan fingerprint density at radius 3 is 2.82 bits per heavy atom. The first-order chi connectivity index (χ1) is 5.18. The van der Waals surface area contributed by atoms with Gasteiger partial charge in [-0.1, -0.05) is 36.7 Å². The average Bonchev–Trinajstić information content (AvgIpc) is 1.85. The number of nitrogens with two attached hydrogens (primary N) is 1. The molecule has 0 aromatic carbocycles. The topological polar surface area (TPSA) is 26.0 Å². The molecule has 1 aliphatic rings. The smallest absolute Gasteiger partial charge is 0.0176 e. The van der Waals surface area contributed by atoms with Gasteiger partial charge in [0, 0.05) is 0 Å². The van der Waals surface area contributed by atoms with E-state index in [0.29, 0.717) is 0 Å². The third kappa shape index (κ3) is 3.04. The van der Waals surface area contributed by atoms with E-state index >= 15 is 0 Å². The van der Waals surface area contributed by atoms with Crippen molar-refractivity contribution >= 4 is 16.0 Å². The van der Waals surface area contributed by atoms with E-state index in [0.717, 1.165) is 12.3 Å². The summed E-state index contributed by atoms with van der Waals surface area (Å²) < 4.78 is 0.